The number of alkyl halides is 4. The third-order valence-electron chi connectivity index (χ3n) is 6.10. The Labute approximate surface area is 200 Å². The van der Waals surface area contributed by atoms with E-state index in [4.69, 9.17) is 9.47 Å². The Morgan fingerprint density at radius 2 is 1.97 bits per heavy atom. The summed E-state index contributed by atoms with van der Waals surface area (Å²) in [6, 6.07) is 9.31. The van der Waals surface area contributed by atoms with Gasteiger partial charge in [-0.3, -0.25) is 9.29 Å². The molecule has 1 aliphatic rings. The van der Waals surface area contributed by atoms with Crippen molar-refractivity contribution in [3.05, 3.63) is 59.0 Å². The van der Waals surface area contributed by atoms with Crippen molar-refractivity contribution in [2.24, 2.45) is 0 Å². The van der Waals surface area contributed by atoms with Crippen LogP contribution >= 0.6 is 0 Å². The van der Waals surface area contributed by atoms with Crippen molar-refractivity contribution in [3.63, 3.8) is 0 Å². The molecular weight excluding hydrogens is 469 g/mol. The molecule has 190 valence electrons. The average molecular weight is 498 g/mol. The van der Waals surface area contributed by atoms with Crippen molar-refractivity contribution in [2.75, 3.05) is 46.6 Å². The van der Waals surface area contributed by atoms with Crippen LogP contribution in [0, 0.1) is 5.82 Å². The Morgan fingerprint density at radius 3 is 2.71 bits per heavy atom. The first kappa shape index (κ1) is 25.2. The number of fused-ring (bicyclic) bond motifs is 3. The molecule has 4 rings (SSSR count). The van der Waals surface area contributed by atoms with Gasteiger partial charge in [-0.2, -0.15) is 13.2 Å². The van der Waals surface area contributed by atoms with Crippen LogP contribution in [0.3, 0.4) is 0 Å². The van der Waals surface area contributed by atoms with Gasteiger partial charge in [-0.25, -0.2) is 4.39 Å². The Kier molecular flexibility index (Phi) is 7.81. The van der Waals surface area contributed by atoms with Crippen molar-refractivity contribution in [1.29, 1.82) is 0 Å². The Hall–Kier alpha value is -2.85. The molecule has 1 aliphatic heterocycles. The summed E-state index contributed by atoms with van der Waals surface area (Å²) in [5.41, 5.74) is 2.56. The lowest BCUT2D eigenvalue weighted by molar-refractivity contribution is -0.150. The average Bonchev–Trinajstić information content (AvgIpc) is 3.18. The van der Waals surface area contributed by atoms with E-state index in [9.17, 15) is 17.6 Å². The predicted molar refractivity (Wildman–Crippen MR) is 123 cm³/mol. The van der Waals surface area contributed by atoms with Gasteiger partial charge in [0, 0.05) is 41.3 Å². The Balaban J connectivity index is 1.73. The predicted octanol–water partition coefficient (Wildman–Crippen LogP) is 5.15. The van der Waals surface area contributed by atoms with Gasteiger partial charge in [-0.1, -0.05) is 18.2 Å². The number of nitrogens with one attached hydrogen (secondary N) is 2. The zero-order valence-corrected chi connectivity index (χ0v) is 19.4. The standard InChI is InChI=1S/C25H28F5N3O2/c1-34-24-19(13-16(14-20(24)27)35-12-10-31-9-4-8-26)23-22-18(7-11-33(23)15-25(28,29)30)17-5-2-3-6-21(17)32-22/h2-3,5-6,13-14,23,31-32H,4,7-12,15H2,1H3. The van der Waals surface area contributed by atoms with Crippen LogP contribution in [0.5, 0.6) is 11.5 Å². The maximum Gasteiger partial charge on any atom is 0.401 e. The third kappa shape index (κ3) is 5.70. The van der Waals surface area contributed by atoms with Crippen LogP contribution in [0.2, 0.25) is 0 Å². The number of methoxy groups -OCH3 is 1. The number of H-pyrrole nitrogens is 1. The fraction of sp³-hybridized carbons (Fsp3) is 0.440. The van der Waals surface area contributed by atoms with Gasteiger partial charge in [0.05, 0.1) is 26.4 Å². The summed E-state index contributed by atoms with van der Waals surface area (Å²) in [7, 11) is 1.29. The number of halogens is 5. The lowest BCUT2D eigenvalue weighted by atomic mass is 9.91. The van der Waals surface area contributed by atoms with Crippen LogP contribution in [0.1, 0.15) is 29.3 Å². The molecule has 10 heteroatoms. The van der Waals surface area contributed by atoms with E-state index in [0.29, 0.717) is 31.6 Å². The summed E-state index contributed by atoms with van der Waals surface area (Å²) in [6.45, 7) is -0.342. The summed E-state index contributed by atoms with van der Waals surface area (Å²) in [4.78, 5) is 4.56. The second-order valence-electron chi connectivity index (χ2n) is 8.47. The van der Waals surface area contributed by atoms with E-state index >= 15 is 4.39 Å². The highest BCUT2D eigenvalue weighted by Crippen LogP contribution is 2.44. The molecule has 0 fully saturated rings. The first-order chi connectivity index (χ1) is 16.8. The molecule has 0 saturated carbocycles. The maximum absolute atomic E-state index is 15.1. The monoisotopic (exact) mass is 497 g/mol. The van der Waals surface area contributed by atoms with Crippen molar-refractivity contribution < 1.29 is 31.4 Å². The number of aromatic amines is 1. The quantitative estimate of drug-likeness (QED) is 0.300. The smallest absolute Gasteiger partial charge is 0.401 e. The summed E-state index contributed by atoms with van der Waals surface area (Å²) >= 11 is 0. The second kappa shape index (κ2) is 10.8. The largest absolute Gasteiger partial charge is 0.493 e. The van der Waals surface area contributed by atoms with E-state index in [1.807, 2.05) is 24.3 Å². The molecule has 1 unspecified atom stereocenters. The minimum Gasteiger partial charge on any atom is -0.493 e. The van der Waals surface area contributed by atoms with Gasteiger partial charge in [0.2, 0.25) is 0 Å². The second-order valence-corrected chi connectivity index (χ2v) is 8.47. The molecule has 0 amide bonds. The van der Waals surface area contributed by atoms with E-state index in [0.717, 1.165) is 22.5 Å². The minimum absolute atomic E-state index is 0.123. The molecular formula is C25H28F5N3O2. The highest BCUT2D eigenvalue weighted by atomic mass is 19.4. The van der Waals surface area contributed by atoms with E-state index in [1.165, 1.54) is 18.1 Å². The molecule has 0 radical (unpaired) electrons. The number of para-hydroxylation sites is 1. The van der Waals surface area contributed by atoms with Gasteiger partial charge in [0.15, 0.2) is 11.6 Å². The van der Waals surface area contributed by atoms with Crippen LogP contribution in [-0.2, 0) is 6.42 Å². The fourth-order valence-electron chi connectivity index (χ4n) is 4.69. The Bertz CT molecular complexity index is 1150. The molecule has 2 N–H and O–H groups in total. The molecule has 2 aromatic carbocycles. The number of nitrogens with zero attached hydrogens (tertiary/aromatic N) is 1. The van der Waals surface area contributed by atoms with Crippen molar-refractivity contribution >= 4 is 10.9 Å². The first-order valence-electron chi connectivity index (χ1n) is 11.5. The molecule has 2 heterocycles. The van der Waals surface area contributed by atoms with E-state index in [2.05, 4.69) is 10.3 Å². The van der Waals surface area contributed by atoms with Crippen LogP contribution in [0.25, 0.3) is 10.9 Å². The highest BCUT2D eigenvalue weighted by molar-refractivity contribution is 5.85. The molecule has 0 saturated heterocycles. The number of hydrogen-bond acceptors (Lipinski definition) is 4. The number of aromatic nitrogens is 1. The van der Waals surface area contributed by atoms with Crippen molar-refractivity contribution in [3.8, 4) is 11.5 Å². The first-order valence-corrected chi connectivity index (χ1v) is 11.5. The number of benzene rings is 2. The zero-order chi connectivity index (χ0) is 25.0. The molecule has 0 aliphatic carbocycles. The maximum atomic E-state index is 15.1. The lowest BCUT2D eigenvalue weighted by Gasteiger charge is -2.37. The van der Waals surface area contributed by atoms with Crippen molar-refractivity contribution in [2.45, 2.75) is 25.1 Å². The number of ether oxygens (including phenoxy) is 2. The normalized spacial score (nSPS) is 16.5. The zero-order valence-electron chi connectivity index (χ0n) is 19.4. The van der Waals surface area contributed by atoms with Gasteiger partial charge < -0.3 is 19.8 Å². The van der Waals surface area contributed by atoms with Gasteiger partial charge in [-0.05, 0) is 37.1 Å². The Morgan fingerprint density at radius 1 is 1.17 bits per heavy atom. The molecule has 35 heavy (non-hydrogen) atoms. The SMILES string of the molecule is COc1c(F)cc(OCCNCCCF)cc1C1c2[nH]c3ccccc3c2CCN1CC(F)(F)F. The van der Waals surface area contributed by atoms with Gasteiger partial charge in [-0.15, -0.1) is 0 Å². The van der Waals surface area contributed by atoms with Gasteiger partial charge in [0.25, 0.3) is 0 Å². The fourth-order valence-corrected chi connectivity index (χ4v) is 4.69. The van der Waals surface area contributed by atoms with Crippen LogP contribution < -0.4 is 14.8 Å². The summed E-state index contributed by atoms with van der Waals surface area (Å²) in [5, 5.41) is 3.95. The molecule has 1 atom stereocenters. The lowest BCUT2D eigenvalue weighted by Crippen LogP contribution is -2.42. The van der Waals surface area contributed by atoms with E-state index in [-0.39, 0.29) is 30.2 Å². The minimum atomic E-state index is -4.44. The molecule has 3 aromatic rings. The van der Waals surface area contributed by atoms with E-state index < -0.39 is 31.3 Å². The summed E-state index contributed by atoms with van der Waals surface area (Å²) in [5.74, 6) is -0.663. The molecule has 5 nitrogen and oxygen atoms in total. The van der Waals surface area contributed by atoms with Crippen LogP contribution in [0.15, 0.2) is 36.4 Å². The topological polar surface area (TPSA) is 49.5 Å². The van der Waals surface area contributed by atoms with Crippen LogP contribution in [-0.4, -0.2) is 62.6 Å². The molecule has 1 aromatic heterocycles. The van der Waals surface area contributed by atoms with Crippen LogP contribution in [0.4, 0.5) is 22.0 Å². The third-order valence-corrected chi connectivity index (χ3v) is 6.10. The molecule has 0 bridgehead atoms. The summed E-state index contributed by atoms with van der Waals surface area (Å²) in [6.07, 6.45) is -3.63. The highest BCUT2D eigenvalue weighted by Gasteiger charge is 2.40. The van der Waals surface area contributed by atoms with Gasteiger partial charge in [0.1, 0.15) is 12.4 Å². The van der Waals surface area contributed by atoms with Gasteiger partial charge >= 0.3 is 6.18 Å². The van der Waals surface area contributed by atoms with Crippen molar-refractivity contribution in [1.82, 2.24) is 15.2 Å². The number of rotatable bonds is 10. The summed E-state index contributed by atoms with van der Waals surface area (Å²) < 4.78 is 78.9. The number of hydrogen-bond donors (Lipinski definition) is 2. The van der Waals surface area contributed by atoms with E-state index in [1.54, 1.807) is 0 Å². The molecule has 0 spiro atoms.